The lowest BCUT2D eigenvalue weighted by Crippen LogP contribution is -2.44. The number of aryl methyl sites for hydroxylation is 1. The first-order chi connectivity index (χ1) is 9.79. The Labute approximate surface area is 121 Å². The summed E-state index contributed by atoms with van der Waals surface area (Å²) < 4.78 is 4.79. The molecule has 0 saturated heterocycles. The number of amides is 2. The molecule has 1 unspecified atom stereocenters. The first-order valence-electron chi connectivity index (χ1n) is 6.25. The third-order valence-corrected chi connectivity index (χ3v) is 2.64. The summed E-state index contributed by atoms with van der Waals surface area (Å²) in [5, 5.41) is 14.6. The molecule has 0 bridgehead atoms. The van der Waals surface area contributed by atoms with Crippen molar-refractivity contribution in [3.8, 4) is 0 Å². The Morgan fingerprint density at radius 2 is 2.19 bits per heavy atom. The van der Waals surface area contributed by atoms with Gasteiger partial charge in [0.05, 0.1) is 12.6 Å². The Morgan fingerprint density at radius 1 is 1.52 bits per heavy atom. The van der Waals surface area contributed by atoms with Crippen molar-refractivity contribution in [2.45, 2.75) is 25.8 Å². The van der Waals surface area contributed by atoms with Crippen LogP contribution in [0.3, 0.4) is 0 Å². The van der Waals surface area contributed by atoms with Crippen molar-refractivity contribution in [1.82, 2.24) is 10.1 Å². The van der Waals surface area contributed by atoms with E-state index in [9.17, 15) is 14.4 Å². The van der Waals surface area contributed by atoms with Crippen molar-refractivity contribution in [1.29, 1.82) is 0 Å². The lowest BCUT2D eigenvalue weighted by Gasteiger charge is -2.20. The SMILES string of the molecule is Cc1cc(NC(=O)CN(C)C(=O)C(N)CCC(=O)O)no1. The number of anilines is 1. The number of carboxylic acids is 1. The van der Waals surface area contributed by atoms with Gasteiger partial charge in [-0.15, -0.1) is 0 Å². The van der Waals surface area contributed by atoms with Gasteiger partial charge in [0.1, 0.15) is 5.76 Å². The average Bonchev–Trinajstić information content (AvgIpc) is 2.79. The number of carbonyl (C=O) groups is 3. The number of rotatable bonds is 7. The molecule has 21 heavy (non-hydrogen) atoms. The average molecular weight is 298 g/mol. The highest BCUT2D eigenvalue weighted by Crippen LogP contribution is 2.07. The molecule has 0 aliphatic heterocycles. The van der Waals surface area contributed by atoms with Crippen LogP contribution in [0.2, 0.25) is 0 Å². The number of carboxylic acid groups (broad SMARTS) is 1. The summed E-state index contributed by atoms with van der Waals surface area (Å²) in [6.07, 6.45) is -0.187. The molecule has 0 aliphatic carbocycles. The Balaban J connectivity index is 2.43. The minimum absolute atomic E-state index is 0.0165. The van der Waals surface area contributed by atoms with Gasteiger partial charge in [-0.2, -0.15) is 0 Å². The maximum Gasteiger partial charge on any atom is 0.303 e. The largest absolute Gasteiger partial charge is 0.481 e. The predicted molar refractivity (Wildman–Crippen MR) is 72.4 cm³/mol. The molecule has 0 aliphatic rings. The zero-order valence-electron chi connectivity index (χ0n) is 11.8. The second-order valence-electron chi connectivity index (χ2n) is 4.60. The van der Waals surface area contributed by atoms with Crippen LogP contribution in [-0.2, 0) is 14.4 Å². The van der Waals surface area contributed by atoms with E-state index in [1.165, 1.54) is 13.1 Å². The van der Waals surface area contributed by atoms with Gasteiger partial charge in [0.25, 0.3) is 0 Å². The Kier molecular flexibility index (Phi) is 5.85. The summed E-state index contributed by atoms with van der Waals surface area (Å²) in [5.74, 6) is -1.17. The van der Waals surface area contributed by atoms with Crippen molar-refractivity contribution in [3.05, 3.63) is 11.8 Å². The monoisotopic (exact) mass is 298 g/mol. The summed E-state index contributed by atoms with van der Waals surface area (Å²) >= 11 is 0. The second kappa shape index (κ2) is 7.39. The van der Waals surface area contributed by atoms with E-state index in [0.717, 1.165) is 4.90 Å². The smallest absolute Gasteiger partial charge is 0.303 e. The molecule has 9 heteroatoms. The number of likely N-dealkylation sites (N-methyl/N-ethyl adjacent to an activating group) is 1. The van der Waals surface area contributed by atoms with Crippen molar-refractivity contribution in [2.75, 3.05) is 18.9 Å². The predicted octanol–water partition coefficient (Wildman–Crippen LogP) is -0.428. The topological polar surface area (TPSA) is 139 Å². The summed E-state index contributed by atoms with van der Waals surface area (Å²) in [5.41, 5.74) is 5.58. The van der Waals surface area contributed by atoms with E-state index in [-0.39, 0.29) is 25.2 Å². The molecule has 1 aromatic rings. The van der Waals surface area contributed by atoms with E-state index in [4.69, 9.17) is 15.4 Å². The third-order valence-electron chi connectivity index (χ3n) is 2.64. The maximum atomic E-state index is 11.8. The zero-order chi connectivity index (χ0) is 16.0. The van der Waals surface area contributed by atoms with Gasteiger partial charge in [-0.3, -0.25) is 14.4 Å². The molecular formula is C12H18N4O5. The van der Waals surface area contributed by atoms with Gasteiger partial charge >= 0.3 is 5.97 Å². The highest BCUT2D eigenvalue weighted by Gasteiger charge is 2.21. The first-order valence-corrected chi connectivity index (χ1v) is 6.25. The van der Waals surface area contributed by atoms with Gasteiger partial charge in [-0.25, -0.2) is 0 Å². The van der Waals surface area contributed by atoms with Crippen LogP contribution in [0.15, 0.2) is 10.6 Å². The molecule has 116 valence electrons. The number of hydrogen-bond acceptors (Lipinski definition) is 6. The molecule has 1 aromatic heterocycles. The van der Waals surface area contributed by atoms with Crippen LogP contribution in [-0.4, -0.2) is 52.6 Å². The summed E-state index contributed by atoms with van der Waals surface area (Å²) in [6.45, 7) is 1.46. The number of nitrogens with two attached hydrogens (primary N) is 1. The highest BCUT2D eigenvalue weighted by molar-refractivity contribution is 5.94. The van der Waals surface area contributed by atoms with Crippen molar-refractivity contribution < 1.29 is 24.0 Å². The van der Waals surface area contributed by atoms with Crippen LogP contribution in [0.25, 0.3) is 0 Å². The van der Waals surface area contributed by atoms with E-state index >= 15 is 0 Å². The van der Waals surface area contributed by atoms with Crippen molar-refractivity contribution in [3.63, 3.8) is 0 Å². The minimum Gasteiger partial charge on any atom is -0.481 e. The molecular weight excluding hydrogens is 280 g/mol. The normalized spacial score (nSPS) is 11.8. The fourth-order valence-corrected chi connectivity index (χ4v) is 1.59. The van der Waals surface area contributed by atoms with Gasteiger partial charge < -0.3 is 25.6 Å². The van der Waals surface area contributed by atoms with Crippen LogP contribution in [0.1, 0.15) is 18.6 Å². The number of aliphatic carboxylic acids is 1. The van der Waals surface area contributed by atoms with E-state index in [0.29, 0.717) is 5.76 Å². The standard InChI is InChI=1S/C12H18N4O5/c1-7-5-9(15-21-7)14-10(17)6-16(2)12(20)8(13)3-4-11(18)19/h5,8H,3-4,6,13H2,1-2H3,(H,18,19)(H,14,15,17). The van der Waals surface area contributed by atoms with Crippen molar-refractivity contribution in [2.24, 2.45) is 5.73 Å². The van der Waals surface area contributed by atoms with Gasteiger partial charge in [0.2, 0.25) is 11.8 Å². The minimum atomic E-state index is -1.03. The van der Waals surface area contributed by atoms with Gasteiger partial charge in [-0.1, -0.05) is 5.16 Å². The number of nitrogens with one attached hydrogen (secondary N) is 1. The summed E-state index contributed by atoms with van der Waals surface area (Å²) in [7, 11) is 1.41. The van der Waals surface area contributed by atoms with Crippen molar-refractivity contribution >= 4 is 23.6 Å². The van der Waals surface area contributed by atoms with E-state index < -0.39 is 23.8 Å². The fourth-order valence-electron chi connectivity index (χ4n) is 1.59. The van der Waals surface area contributed by atoms with Crippen LogP contribution in [0, 0.1) is 6.92 Å². The highest BCUT2D eigenvalue weighted by atomic mass is 16.5. The van der Waals surface area contributed by atoms with E-state index in [1.54, 1.807) is 6.92 Å². The lowest BCUT2D eigenvalue weighted by atomic mass is 10.1. The first kappa shape index (κ1) is 16.6. The summed E-state index contributed by atoms with van der Waals surface area (Å²) in [4.78, 5) is 35.1. The molecule has 9 nitrogen and oxygen atoms in total. The Morgan fingerprint density at radius 3 is 2.71 bits per heavy atom. The van der Waals surface area contributed by atoms with Crippen LogP contribution >= 0.6 is 0 Å². The Bertz CT molecular complexity index is 527. The van der Waals surface area contributed by atoms with Gasteiger partial charge in [0.15, 0.2) is 5.82 Å². The Hall–Kier alpha value is -2.42. The molecule has 1 heterocycles. The zero-order valence-corrected chi connectivity index (χ0v) is 11.8. The molecule has 1 atom stereocenters. The van der Waals surface area contributed by atoms with Gasteiger partial charge in [0, 0.05) is 19.5 Å². The molecule has 2 amide bonds. The molecule has 0 spiro atoms. The number of aromatic nitrogens is 1. The lowest BCUT2D eigenvalue weighted by molar-refractivity contribution is -0.138. The molecule has 0 radical (unpaired) electrons. The summed E-state index contributed by atoms with van der Waals surface area (Å²) in [6, 6.07) is 0.589. The molecule has 0 aromatic carbocycles. The van der Waals surface area contributed by atoms with Crippen LogP contribution in [0.4, 0.5) is 5.82 Å². The maximum absolute atomic E-state index is 11.8. The molecule has 0 fully saturated rings. The second-order valence-corrected chi connectivity index (χ2v) is 4.60. The van der Waals surface area contributed by atoms with E-state index in [1.807, 2.05) is 0 Å². The number of carbonyl (C=O) groups excluding carboxylic acids is 2. The van der Waals surface area contributed by atoms with Crippen LogP contribution < -0.4 is 11.1 Å². The molecule has 1 rings (SSSR count). The third kappa shape index (κ3) is 5.61. The van der Waals surface area contributed by atoms with Gasteiger partial charge in [-0.05, 0) is 13.3 Å². The number of nitrogens with zero attached hydrogens (tertiary/aromatic N) is 2. The van der Waals surface area contributed by atoms with Crippen LogP contribution in [0.5, 0.6) is 0 Å². The fraction of sp³-hybridized carbons (Fsp3) is 0.500. The number of hydrogen-bond donors (Lipinski definition) is 3. The van der Waals surface area contributed by atoms with E-state index in [2.05, 4.69) is 10.5 Å². The molecule has 0 saturated carbocycles. The molecule has 4 N–H and O–H groups in total. The quantitative estimate of drug-likeness (QED) is 0.620.